The van der Waals surface area contributed by atoms with Gasteiger partial charge in [0.05, 0.1) is 71.3 Å². The van der Waals surface area contributed by atoms with E-state index in [0.29, 0.717) is 141 Å². The number of fused-ring (bicyclic) bond motifs is 1. The van der Waals surface area contributed by atoms with E-state index in [4.69, 9.17) is 38.9 Å². The number of aromatic amines is 1. The number of nitrogens with zero attached hydrogens (tertiary/aromatic N) is 3. The van der Waals surface area contributed by atoms with Gasteiger partial charge in [0, 0.05) is 95.3 Å². The Hall–Kier alpha value is -5.98. The number of amides is 2. The number of carboxylic acids is 1. The van der Waals surface area contributed by atoms with Crippen LogP contribution in [0.25, 0.3) is 11.2 Å². The lowest BCUT2D eigenvalue weighted by molar-refractivity contribution is -0.139. The van der Waals surface area contributed by atoms with Gasteiger partial charge < -0.3 is 59.9 Å². The normalized spacial score (nSPS) is 11.9. The molecule has 0 fully saturated rings. The first-order valence-corrected chi connectivity index (χ1v) is 46.1. The van der Waals surface area contributed by atoms with E-state index in [0.717, 1.165) is 96.9 Å². The number of nitrogen functional groups attached to an aromatic ring is 1. The molecule has 0 saturated carbocycles. The molecule has 3 aromatic rings. The number of ketones is 3. The van der Waals surface area contributed by atoms with Gasteiger partial charge in [0.25, 0.3) is 11.5 Å². The molecule has 2 aromatic heterocycles. The predicted molar refractivity (Wildman–Crippen MR) is 465 cm³/mol. The summed E-state index contributed by atoms with van der Waals surface area (Å²) >= 11 is 0. The second kappa shape index (κ2) is 77.9. The first-order valence-electron chi connectivity index (χ1n) is 46.1. The highest BCUT2D eigenvalue weighted by Crippen LogP contribution is 2.20. The standard InChI is InChI=1S/C62H121NO7.C30H41N7O8/c1-4-7-9-11-13-15-17-19-21-23-24-26-28-30-32-34-38-47-59(57-69-54-43-35-33-31-29-27-25-22-20-18-16-14-12-10-8-5-2)58-70-62(66)63-51-42-36-39-49-61(65)50-41-45-53-68-56-55-67-52-44-37-40-48-60(64)46-6-3;1-2-12-43-14-16-45-17-15-44-13-4-3-5-23(38)10-11-24(29(41)42)35-27(39)20-6-8-21(9-7-20)32-18-22-19-33-26-25(34-22)28(40)37-30(31)36-26/h59H,4-58H2,1-3H3,(H,63,66);6-9,19,24,32H,2-5,10-18H2,1H3,(H,35,39)(H,41,42)(H3,31,33,36,37,40)/t59-;24-/m01/s1. The van der Waals surface area contributed by atoms with Crippen LogP contribution in [0.3, 0.4) is 0 Å². The smallest absolute Gasteiger partial charge is 0.407 e. The van der Waals surface area contributed by atoms with E-state index < -0.39 is 23.5 Å². The van der Waals surface area contributed by atoms with Crippen LogP contribution in [0, 0.1) is 5.92 Å². The third-order valence-electron chi connectivity index (χ3n) is 20.7. The number of carbonyl (C=O) groups is 6. The maximum absolute atomic E-state index is 12.7. The number of alkyl carbamates (subject to hydrolysis) is 1. The van der Waals surface area contributed by atoms with Gasteiger partial charge in [-0.2, -0.15) is 4.98 Å². The van der Waals surface area contributed by atoms with Gasteiger partial charge >= 0.3 is 12.1 Å². The van der Waals surface area contributed by atoms with Gasteiger partial charge in [-0.1, -0.05) is 246 Å². The van der Waals surface area contributed by atoms with Gasteiger partial charge in [-0.3, -0.25) is 29.0 Å². The molecule has 2 amide bonds. The molecule has 0 spiro atoms. The third kappa shape index (κ3) is 64.7. The van der Waals surface area contributed by atoms with E-state index in [1.54, 1.807) is 24.3 Å². The number of nitrogens with one attached hydrogen (secondary N) is 4. The Morgan fingerprint density at radius 3 is 1.31 bits per heavy atom. The second-order valence-corrected chi connectivity index (χ2v) is 31.5. The van der Waals surface area contributed by atoms with Crippen LogP contribution in [0.15, 0.2) is 35.3 Å². The Labute approximate surface area is 694 Å². The monoisotopic (exact) mass is 1620 g/mol. The molecule has 23 heteroatoms. The van der Waals surface area contributed by atoms with Crippen molar-refractivity contribution in [2.75, 3.05) is 103 Å². The molecular formula is C92H162N8O15. The summed E-state index contributed by atoms with van der Waals surface area (Å²) in [6.07, 6.45) is 61.1. The van der Waals surface area contributed by atoms with Gasteiger partial charge in [-0.05, 0) is 108 Å². The molecule has 23 nitrogen and oxygen atoms in total. The molecule has 115 heavy (non-hydrogen) atoms. The number of rotatable bonds is 83. The van der Waals surface area contributed by atoms with Crippen molar-refractivity contribution in [1.82, 2.24) is 30.6 Å². The Morgan fingerprint density at radius 2 is 0.835 bits per heavy atom. The summed E-state index contributed by atoms with van der Waals surface area (Å²) in [5.74, 6) is -0.956. The van der Waals surface area contributed by atoms with Crippen molar-refractivity contribution in [3.8, 4) is 0 Å². The highest BCUT2D eigenvalue weighted by molar-refractivity contribution is 5.97. The highest BCUT2D eigenvalue weighted by Gasteiger charge is 2.22. The molecule has 0 aliphatic heterocycles. The minimum atomic E-state index is -1.21. The van der Waals surface area contributed by atoms with Crippen LogP contribution in [0.2, 0.25) is 0 Å². The zero-order valence-electron chi connectivity index (χ0n) is 72.7. The van der Waals surface area contributed by atoms with E-state index in [1.165, 1.54) is 212 Å². The number of anilines is 2. The number of Topliss-reactive ketones (excluding diaryl/α,β-unsaturated/α-hetero) is 3. The number of unbranched alkanes of at least 4 members (excludes halogenated alkanes) is 37. The van der Waals surface area contributed by atoms with Crippen LogP contribution in [-0.2, 0) is 58.9 Å². The van der Waals surface area contributed by atoms with Crippen LogP contribution in [0.5, 0.6) is 0 Å². The molecular weight excluding hydrogens is 1460 g/mol. The van der Waals surface area contributed by atoms with Crippen molar-refractivity contribution in [2.45, 2.75) is 381 Å². The first kappa shape index (κ1) is 105. The first-order chi connectivity index (χ1) is 56.3. The Balaban J connectivity index is 0.000000853. The third-order valence-corrected chi connectivity index (χ3v) is 20.7. The van der Waals surface area contributed by atoms with Crippen LogP contribution in [0.1, 0.15) is 384 Å². The van der Waals surface area contributed by atoms with Crippen molar-refractivity contribution in [3.63, 3.8) is 0 Å². The zero-order chi connectivity index (χ0) is 83.2. The fraction of sp³-hybridized carbons (Fsp3) is 0.804. The summed E-state index contributed by atoms with van der Waals surface area (Å²) in [5, 5.41) is 18.1. The van der Waals surface area contributed by atoms with Crippen molar-refractivity contribution in [2.24, 2.45) is 5.92 Å². The fourth-order valence-electron chi connectivity index (χ4n) is 13.6. The predicted octanol–water partition coefficient (Wildman–Crippen LogP) is 21.0. The zero-order valence-corrected chi connectivity index (χ0v) is 72.7. The van der Waals surface area contributed by atoms with Crippen molar-refractivity contribution in [1.29, 1.82) is 0 Å². The molecule has 660 valence electrons. The number of carboxylic acid groups (broad SMARTS) is 1. The summed E-state index contributed by atoms with van der Waals surface area (Å²) in [7, 11) is 0. The van der Waals surface area contributed by atoms with Crippen LogP contribution < -0.4 is 27.2 Å². The molecule has 0 unspecified atom stereocenters. The largest absolute Gasteiger partial charge is 0.480 e. The number of ether oxygens (including phenoxy) is 7. The number of nitrogens with two attached hydrogens (primary N) is 1. The number of hydrogen-bond acceptors (Lipinski definition) is 19. The van der Waals surface area contributed by atoms with Gasteiger partial charge in [-0.15, -0.1) is 0 Å². The lowest BCUT2D eigenvalue weighted by Crippen LogP contribution is -2.41. The molecule has 0 saturated heterocycles. The summed E-state index contributed by atoms with van der Waals surface area (Å²) < 4.78 is 39.4. The van der Waals surface area contributed by atoms with Gasteiger partial charge in [-0.25, -0.2) is 19.6 Å². The molecule has 2 atom stereocenters. The highest BCUT2D eigenvalue weighted by atomic mass is 16.6. The Bertz CT molecular complexity index is 2890. The second-order valence-electron chi connectivity index (χ2n) is 31.5. The Kier molecular flexibility index (Phi) is 71.2. The van der Waals surface area contributed by atoms with E-state index in [-0.39, 0.29) is 59.9 Å². The van der Waals surface area contributed by atoms with Crippen molar-refractivity contribution >= 4 is 58.1 Å². The summed E-state index contributed by atoms with van der Waals surface area (Å²) in [6.45, 7) is 17.2. The minimum absolute atomic E-state index is 0.00685. The van der Waals surface area contributed by atoms with Gasteiger partial charge in [0.15, 0.2) is 11.2 Å². The number of carbonyl (C=O) groups excluding carboxylic acids is 5. The quantitative estimate of drug-likeness (QED) is 0.0286. The molecule has 0 aliphatic rings. The van der Waals surface area contributed by atoms with Crippen molar-refractivity contribution in [3.05, 3.63) is 52.1 Å². The summed E-state index contributed by atoms with van der Waals surface area (Å²) in [4.78, 5) is 100. The molecule has 1 aromatic carbocycles. The lowest BCUT2D eigenvalue weighted by Gasteiger charge is -2.18. The number of aliphatic carboxylic acids is 1. The van der Waals surface area contributed by atoms with E-state index in [1.807, 2.05) is 13.8 Å². The number of H-pyrrole nitrogens is 1. The number of aromatic nitrogens is 4. The average molecular weight is 1620 g/mol. The SMILES string of the molecule is CCCCCCCCCCCCCCCCCCC[C@@H](COCCCCCCCCCCCCCCCCCC)COC(=O)NCCCCCC(=O)CCCCOCCOCCCCCC(=O)CCC.CCCOCCOCCOCCCCC(=O)CC[C@@H](NC(=O)c1ccc(NCc2cnc3nc(N)[nH]c(=O)c3n2)cc1)C(=O)O. The van der Waals surface area contributed by atoms with Gasteiger partial charge in [0.1, 0.15) is 23.4 Å². The maximum atomic E-state index is 12.7. The Morgan fingerprint density at radius 1 is 0.426 bits per heavy atom. The number of benzene rings is 1. The van der Waals surface area contributed by atoms with E-state index in [9.17, 15) is 38.7 Å². The van der Waals surface area contributed by atoms with Crippen molar-refractivity contribution < 1.29 is 67.0 Å². The lowest BCUT2D eigenvalue weighted by atomic mass is 10.0. The van der Waals surface area contributed by atoms with E-state index >= 15 is 0 Å². The molecule has 0 bridgehead atoms. The molecule has 2 heterocycles. The minimum Gasteiger partial charge on any atom is -0.480 e. The molecule has 3 rings (SSSR count). The molecule has 0 aliphatic carbocycles. The average Bonchev–Trinajstić information content (AvgIpc) is 0.815. The van der Waals surface area contributed by atoms with Crippen LogP contribution in [-0.4, -0.2) is 159 Å². The molecule has 7 N–H and O–H groups in total. The topological polar surface area (TPSA) is 321 Å². The van der Waals surface area contributed by atoms with Crippen LogP contribution in [0.4, 0.5) is 16.4 Å². The maximum Gasteiger partial charge on any atom is 0.407 e. The number of hydrogen-bond donors (Lipinski definition) is 6. The summed E-state index contributed by atoms with van der Waals surface area (Å²) in [6, 6.07) is 5.19. The van der Waals surface area contributed by atoms with Gasteiger partial charge in [0.2, 0.25) is 5.95 Å². The summed E-state index contributed by atoms with van der Waals surface area (Å²) in [5.41, 5.74) is 6.64. The fourth-order valence-corrected chi connectivity index (χ4v) is 13.6. The van der Waals surface area contributed by atoms with E-state index in [2.05, 4.69) is 49.7 Å². The van der Waals surface area contributed by atoms with Crippen LogP contribution >= 0.6 is 0 Å². The molecule has 0 radical (unpaired) electrons.